The second kappa shape index (κ2) is 8.75. The molecule has 0 N–H and O–H groups in total. The Balaban J connectivity index is 1.55. The Labute approximate surface area is 198 Å². The molecule has 4 aromatic rings. The summed E-state index contributed by atoms with van der Waals surface area (Å²) < 4.78 is 1.17. The predicted octanol–water partition coefficient (Wildman–Crippen LogP) is 4.96. The Morgan fingerprint density at radius 1 is 0.912 bits per heavy atom. The lowest BCUT2D eigenvalue weighted by atomic mass is 10.0. The minimum atomic E-state index is -0.589. The van der Waals surface area contributed by atoms with Crippen LogP contribution in [0.15, 0.2) is 77.6 Å². The molecule has 0 radical (unpaired) electrons. The monoisotopic (exact) mass is 450 g/mol. The number of aromatic nitrogens is 1. The van der Waals surface area contributed by atoms with Gasteiger partial charge in [-0.05, 0) is 72.5 Å². The van der Waals surface area contributed by atoms with Crippen molar-refractivity contribution in [3.8, 4) is 0 Å². The van der Waals surface area contributed by atoms with Crippen molar-refractivity contribution in [3.63, 3.8) is 0 Å². The fraction of sp³-hybridized carbons (Fsp3) is 0.207. The number of fused-ring (bicyclic) bond motifs is 2. The minimum Gasteiger partial charge on any atom is -0.311 e. The van der Waals surface area contributed by atoms with E-state index in [-0.39, 0.29) is 17.9 Å². The number of hydrogen-bond donors (Lipinski definition) is 0. The predicted molar refractivity (Wildman–Crippen MR) is 135 cm³/mol. The number of rotatable bonds is 4. The molecule has 0 fully saturated rings. The maximum absolute atomic E-state index is 13.5. The van der Waals surface area contributed by atoms with Crippen LogP contribution in [0, 0.1) is 6.92 Å². The zero-order chi connectivity index (χ0) is 23.8. The van der Waals surface area contributed by atoms with Crippen LogP contribution in [-0.4, -0.2) is 23.4 Å². The molecule has 0 spiro atoms. The van der Waals surface area contributed by atoms with Gasteiger partial charge in [0.2, 0.25) is 5.91 Å². The number of carbonyl (C=O) groups excluding carboxylic acids is 2. The van der Waals surface area contributed by atoms with Crippen LogP contribution >= 0.6 is 0 Å². The highest BCUT2D eigenvalue weighted by atomic mass is 16.2. The summed E-state index contributed by atoms with van der Waals surface area (Å²) in [5.74, 6) is -0.787. The van der Waals surface area contributed by atoms with Crippen LogP contribution in [0.1, 0.15) is 43.8 Å². The quantitative estimate of drug-likeness (QED) is 0.442. The molecule has 1 aliphatic rings. The summed E-state index contributed by atoms with van der Waals surface area (Å²) in [4.78, 5) is 41.8. The van der Waals surface area contributed by atoms with Gasteiger partial charge in [0.15, 0.2) is 0 Å². The van der Waals surface area contributed by atoms with Gasteiger partial charge in [0.1, 0.15) is 5.56 Å². The zero-order valence-electron chi connectivity index (χ0n) is 19.4. The number of nitrogens with zero attached hydrogens (tertiary/aromatic N) is 2. The Bertz CT molecular complexity index is 1480. The first-order chi connectivity index (χ1) is 16.4. The van der Waals surface area contributed by atoms with Gasteiger partial charge in [-0.3, -0.25) is 14.4 Å². The molecule has 5 nitrogen and oxygen atoms in total. The normalized spacial score (nSPS) is 12.5. The SMILES string of the molecule is Cc1ccc(N(C)C(=O)c2cc3ccccc3n(C(=O)Cc3ccc4c(c3)CCC4)c2=O)cc1. The van der Waals surface area contributed by atoms with Crippen molar-refractivity contribution in [3.05, 3.63) is 111 Å². The van der Waals surface area contributed by atoms with E-state index in [0.29, 0.717) is 16.6 Å². The van der Waals surface area contributed by atoms with E-state index in [9.17, 15) is 14.4 Å². The summed E-state index contributed by atoms with van der Waals surface area (Å²) >= 11 is 0. The van der Waals surface area contributed by atoms with Crippen LogP contribution in [0.25, 0.3) is 10.9 Å². The van der Waals surface area contributed by atoms with Gasteiger partial charge in [-0.2, -0.15) is 0 Å². The molecule has 0 saturated carbocycles. The van der Waals surface area contributed by atoms with Crippen molar-refractivity contribution < 1.29 is 9.59 Å². The molecule has 3 aromatic carbocycles. The smallest absolute Gasteiger partial charge is 0.270 e. The van der Waals surface area contributed by atoms with Gasteiger partial charge in [0.25, 0.3) is 11.5 Å². The molecule has 0 saturated heterocycles. The molecule has 0 aliphatic heterocycles. The Morgan fingerprint density at radius 2 is 1.65 bits per heavy atom. The van der Waals surface area contributed by atoms with Crippen molar-refractivity contribution >= 4 is 28.4 Å². The van der Waals surface area contributed by atoms with Crippen LogP contribution in [0.4, 0.5) is 5.69 Å². The van der Waals surface area contributed by atoms with Crippen LogP contribution in [0.5, 0.6) is 0 Å². The lowest BCUT2D eigenvalue weighted by molar-refractivity contribution is 0.0915. The highest BCUT2D eigenvalue weighted by Crippen LogP contribution is 2.24. The van der Waals surface area contributed by atoms with Crippen LogP contribution in [-0.2, 0) is 19.3 Å². The topological polar surface area (TPSA) is 59.4 Å². The summed E-state index contributed by atoms with van der Waals surface area (Å²) in [7, 11) is 1.64. The Hall–Kier alpha value is -3.99. The lowest BCUT2D eigenvalue weighted by Crippen LogP contribution is -2.37. The fourth-order valence-electron chi connectivity index (χ4n) is 4.72. The van der Waals surface area contributed by atoms with Gasteiger partial charge in [0.05, 0.1) is 11.9 Å². The number of benzene rings is 3. The largest absolute Gasteiger partial charge is 0.311 e. The van der Waals surface area contributed by atoms with Crippen molar-refractivity contribution in [1.82, 2.24) is 4.57 Å². The van der Waals surface area contributed by atoms with Gasteiger partial charge in [-0.25, -0.2) is 4.57 Å². The summed E-state index contributed by atoms with van der Waals surface area (Å²) in [5.41, 5.74) is 5.16. The van der Waals surface area contributed by atoms with E-state index in [2.05, 4.69) is 12.1 Å². The third-order valence-corrected chi connectivity index (χ3v) is 6.63. The van der Waals surface area contributed by atoms with Crippen LogP contribution < -0.4 is 10.5 Å². The number of amides is 1. The second-order valence-electron chi connectivity index (χ2n) is 8.98. The van der Waals surface area contributed by atoms with Crippen LogP contribution in [0.2, 0.25) is 0 Å². The van der Waals surface area contributed by atoms with E-state index in [1.165, 1.54) is 20.6 Å². The van der Waals surface area contributed by atoms with Crippen molar-refractivity contribution in [2.24, 2.45) is 0 Å². The molecule has 0 bridgehead atoms. The van der Waals surface area contributed by atoms with Gasteiger partial charge in [-0.1, -0.05) is 54.1 Å². The van der Waals surface area contributed by atoms with E-state index >= 15 is 0 Å². The number of hydrogen-bond acceptors (Lipinski definition) is 3. The number of anilines is 1. The molecule has 5 heteroatoms. The molecular weight excluding hydrogens is 424 g/mol. The van der Waals surface area contributed by atoms with Crippen molar-refractivity contribution in [2.45, 2.75) is 32.6 Å². The van der Waals surface area contributed by atoms with Gasteiger partial charge in [0, 0.05) is 12.7 Å². The van der Waals surface area contributed by atoms with Gasteiger partial charge < -0.3 is 4.90 Å². The molecule has 5 rings (SSSR count). The molecule has 1 aliphatic carbocycles. The molecule has 1 aromatic heterocycles. The highest BCUT2D eigenvalue weighted by Gasteiger charge is 2.23. The van der Waals surface area contributed by atoms with E-state index in [0.717, 1.165) is 30.4 Å². The van der Waals surface area contributed by atoms with E-state index in [4.69, 9.17) is 0 Å². The zero-order valence-corrected chi connectivity index (χ0v) is 19.4. The number of pyridine rings is 1. The number of para-hydroxylation sites is 1. The summed E-state index contributed by atoms with van der Waals surface area (Å²) in [6.45, 7) is 1.97. The molecule has 1 amide bonds. The summed E-state index contributed by atoms with van der Waals surface area (Å²) in [6, 6.07) is 22.4. The maximum atomic E-state index is 13.5. The summed E-state index contributed by atoms with van der Waals surface area (Å²) in [6.07, 6.45) is 3.33. The standard InChI is InChI=1S/C29H26N2O3/c1-19-10-14-24(15-11-19)30(2)28(33)25-18-23-6-3-4-9-26(23)31(29(25)34)27(32)17-20-12-13-21-7-5-8-22(21)16-20/h3-4,6,9-16,18H,5,7-8,17H2,1-2H3. The molecule has 34 heavy (non-hydrogen) atoms. The Kier molecular flexibility index (Phi) is 5.62. The van der Waals surface area contributed by atoms with Crippen molar-refractivity contribution in [1.29, 1.82) is 0 Å². The lowest BCUT2D eigenvalue weighted by Gasteiger charge is -2.19. The maximum Gasteiger partial charge on any atom is 0.270 e. The molecule has 0 atom stereocenters. The van der Waals surface area contributed by atoms with E-state index in [1.807, 2.05) is 49.4 Å². The Morgan fingerprint density at radius 3 is 2.44 bits per heavy atom. The van der Waals surface area contributed by atoms with E-state index < -0.39 is 11.5 Å². The van der Waals surface area contributed by atoms with Gasteiger partial charge in [-0.15, -0.1) is 0 Å². The molecule has 1 heterocycles. The minimum absolute atomic E-state index is 0.0240. The third-order valence-electron chi connectivity index (χ3n) is 6.63. The molecule has 170 valence electrons. The fourth-order valence-corrected chi connectivity index (χ4v) is 4.72. The summed E-state index contributed by atoms with van der Waals surface area (Å²) in [5, 5.41) is 0.671. The average molecular weight is 451 g/mol. The van der Waals surface area contributed by atoms with Gasteiger partial charge >= 0.3 is 0 Å². The highest BCUT2D eigenvalue weighted by molar-refractivity contribution is 6.08. The first-order valence-electron chi connectivity index (χ1n) is 11.6. The number of carbonyl (C=O) groups is 2. The first-order valence-corrected chi connectivity index (χ1v) is 11.6. The second-order valence-corrected chi connectivity index (χ2v) is 8.98. The van der Waals surface area contributed by atoms with Crippen LogP contribution in [0.3, 0.4) is 0 Å². The first kappa shape index (κ1) is 21.8. The number of aryl methyl sites for hydroxylation is 3. The van der Waals surface area contributed by atoms with Crippen molar-refractivity contribution in [2.75, 3.05) is 11.9 Å². The molecule has 0 unspecified atom stereocenters. The average Bonchev–Trinajstić information content (AvgIpc) is 3.31. The van der Waals surface area contributed by atoms with E-state index in [1.54, 1.807) is 25.2 Å². The third kappa shape index (κ3) is 3.94. The molecular formula is C29H26N2O3.